The molecule has 28 heteroatoms. The average molecular weight is 1550 g/mol. The highest BCUT2D eigenvalue weighted by Gasteiger charge is 2.50. The number of carbonyl (C=O) groups is 5. The second-order valence-corrected chi connectivity index (χ2v) is 36.5. The van der Waals surface area contributed by atoms with Crippen molar-refractivity contribution < 1.29 is 59.1 Å². The number of aromatic nitrogens is 1. The van der Waals surface area contributed by atoms with Crippen LogP contribution in [0, 0.1) is 17.8 Å². The Morgan fingerprint density at radius 2 is 1.53 bits per heavy atom. The highest BCUT2D eigenvalue weighted by molar-refractivity contribution is 7.99. The zero-order valence-electron chi connectivity index (χ0n) is 60.9. The third-order valence-electron chi connectivity index (χ3n) is 21.1. The molecule has 106 heavy (non-hydrogen) atoms. The van der Waals surface area contributed by atoms with Gasteiger partial charge < -0.3 is 41.1 Å². The number of aryl methyl sites for hydroxylation is 1. The molecule has 11 rings (SSSR count). The summed E-state index contributed by atoms with van der Waals surface area (Å²) in [7, 11) is -11.2. The maximum atomic E-state index is 14.7. The number of anilines is 2. The number of unbranched alkanes of at least 4 members (excludes halogenated alkanes) is 2. The minimum Gasteiger partial charge on any atom is -0.391 e. The van der Waals surface area contributed by atoms with Crippen molar-refractivity contribution in [3.05, 3.63) is 160 Å². The number of nitrogens with zero attached hydrogens (tertiary/aromatic N) is 5. The Morgan fingerprint density at radius 1 is 0.840 bits per heavy atom. The van der Waals surface area contributed by atoms with Crippen molar-refractivity contribution in [2.24, 2.45) is 10.8 Å². The largest absolute Gasteiger partial charge is 0.501 e. The lowest BCUT2D eigenvalue weighted by Crippen LogP contribution is -2.57. The quantitative estimate of drug-likeness (QED) is 0.0197. The third-order valence-corrected chi connectivity index (χ3v) is 26.4. The molecule has 6 N–H and O–H groups in total. The first-order valence-electron chi connectivity index (χ1n) is 36.4. The standard InChI is InChI=1S/C78H96ClF3N10O10S4/c1-49(51-18-20-53(21-19-51)71-50(2)84-48-104-71)85-74(97)67-41-60(93)46-91(67)75(98)72(76(3,4)5)87-69(94)16-12-9-13-17-70(95)92-59-40-65(83-44-59)66(92)33-28-57(47-103-61-14-10-8-11-15-61)86-64-32-31-62(42-68(64)105(99,100)78(80,81)82)106(101,102)88-73(96)54-24-29-58(30-25-54)90-38-36-89(37-39-90)45-55-43-77(6,7)35-34-63(55)52-22-26-56(79)27-23-52/h8,10-11,14-15,18-27,29-32,42,48-49,57,59-60,65-67,72,83,86,93H,9,12-13,16-17,28,33-41,43-47H2,1-7H3,(H,85,97)(H,87,94)(H,88,96)/t49-,57+,59?,60+,65?,66?,67-,72+/m0/s1. The number of amides is 5. The van der Waals surface area contributed by atoms with Crippen LogP contribution in [-0.2, 0) is 39.0 Å². The molecule has 8 atom stereocenters. The molecule has 5 aromatic carbocycles. The molecule has 20 nitrogen and oxygen atoms in total. The Balaban J connectivity index is 0.688. The molecular formula is C78H96ClF3N10O10S4. The van der Waals surface area contributed by atoms with Gasteiger partial charge in [0.15, 0.2) is 0 Å². The zero-order chi connectivity index (χ0) is 76.0. The lowest BCUT2D eigenvalue weighted by atomic mass is 9.73. The van der Waals surface area contributed by atoms with Crippen LogP contribution in [0.25, 0.3) is 16.0 Å². The van der Waals surface area contributed by atoms with Gasteiger partial charge in [0, 0.05) is 116 Å². The molecule has 5 amide bonds. The number of sulfonamides is 1. The topological polar surface area (TPSA) is 260 Å². The summed E-state index contributed by atoms with van der Waals surface area (Å²) in [4.78, 5) is 81.7. The molecule has 0 spiro atoms. The molecule has 4 saturated heterocycles. The summed E-state index contributed by atoms with van der Waals surface area (Å²) in [6.45, 7) is 18.1. The lowest BCUT2D eigenvalue weighted by Gasteiger charge is -2.39. The molecule has 0 saturated carbocycles. The van der Waals surface area contributed by atoms with Crippen molar-refractivity contribution in [2.45, 2.75) is 194 Å². The molecule has 3 unspecified atom stereocenters. The number of halogens is 4. The van der Waals surface area contributed by atoms with Gasteiger partial charge in [0.05, 0.1) is 38.8 Å². The number of likely N-dealkylation sites (tertiary alicyclic amines) is 2. The van der Waals surface area contributed by atoms with E-state index < -0.39 is 94.3 Å². The number of piperazine rings is 2. The van der Waals surface area contributed by atoms with Crippen molar-refractivity contribution >= 4 is 101 Å². The number of alkyl halides is 3. The number of allylic oxidation sites excluding steroid dienone is 1. The van der Waals surface area contributed by atoms with Gasteiger partial charge in [-0.05, 0) is 165 Å². The number of sulfone groups is 1. The van der Waals surface area contributed by atoms with Crippen LogP contribution in [0.15, 0.2) is 147 Å². The highest BCUT2D eigenvalue weighted by atomic mass is 35.5. The van der Waals surface area contributed by atoms with Gasteiger partial charge in [-0.3, -0.25) is 28.9 Å². The van der Waals surface area contributed by atoms with Crippen LogP contribution < -0.4 is 30.9 Å². The van der Waals surface area contributed by atoms with E-state index in [-0.39, 0.29) is 78.9 Å². The first kappa shape index (κ1) is 79.7. The van der Waals surface area contributed by atoms with Gasteiger partial charge in [-0.2, -0.15) is 13.2 Å². The fourth-order valence-corrected chi connectivity index (χ4v) is 19.2. The van der Waals surface area contributed by atoms with E-state index in [1.165, 1.54) is 45.5 Å². The van der Waals surface area contributed by atoms with E-state index in [0.29, 0.717) is 62.8 Å². The molecule has 6 aromatic rings. The summed E-state index contributed by atoms with van der Waals surface area (Å²) in [6.07, 6.45) is 4.98. The van der Waals surface area contributed by atoms with Gasteiger partial charge in [0.2, 0.25) is 23.6 Å². The number of thiazole rings is 1. The summed E-state index contributed by atoms with van der Waals surface area (Å²) in [5.74, 6) is -2.25. The van der Waals surface area contributed by atoms with Crippen LogP contribution in [0.2, 0.25) is 5.02 Å². The summed E-state index contributed by atoms with van der Waals surface area (Å²) >= 11 is 9.15. The fourth-order valence-electron chi connectivity index (χ4n) is 15.3. The van der Waals surface area contributed by atoms with Gasteiger partial charge in [-0.25, -0.2) is 26.5 Å². The van der Waals surface area contributed by atoms with Crippen LogP contribution >= 0.6 is 34.7 Å². The number of hydrogen-bond donors (Lipinski definition) is 6. The molecule has 5 aliphatic rings. The fraction of sp³-hybridized carbons (Fsp3) is 0.487. The maximum Gasteiger partial charge on any atom is 0.501 e. The number of thioether (sulfide) groups is 1. The molecule has 5 heterocycles. The number of benzene rings is 5. The average Bonchev–Trinajstić information content (AvgIpc) is 1.27. The second kappa shape index (κ2) is 33.6. The van der Waals surface area contributed by atoms with Gasteiger partial charge in [-0.1, -0.05) is 113 Å². The van der Waals surface area contributed by atoms with Crippen LogP contribution in [0.5, 0.6) is 0 Å². The normalized spacial score (nSPS) is 20.8. The first-order valence-corrected chi connectivity index (χ1v) is 41.6. The van der Waals surface area contributed by atoms with E-state index in [2.05, 4.69) is 62.0 Å². The van der Waals surface area contributed by atoms with Gasteiger partial charge in [0.1, 0.15) is 17.0 Å². The predicted molar refractivity (Wildman–Crippen MR) is 410 cm³/mol. The highest BCUT2D eigenvalue weighted by Crippen LogP contribution is 2.44. The summed E-state index contributed by atoms with van der Waals surface area (Å²) in [5, 5.41) is 24.0. The minimum absolute atomic E-state index is 0.0334. The number of rotatable bonds is 28. The molecule has 4 fully saturated rings. The van der Waals surface area contributed by atoms with E-state index in [0.717, 1.165) is 83.3 Å². The number of nitrogens with one attached hydrogen (secondary N) is 5. The van der Waals surface area contributed by atoms with E-state index in [1.807, 2.05) is 111 Å². The van der Waals surface area contributed by atoms with Crippen LogP contribution in [-0.4, -0.2) is 171 Å². The Kier molecular flexibility index (Phi) is 25.3. The Hall–Kier alpha value is -7.37. The van der Waals surface area contributed by atoms with Crippen LogP contribution in [0.1, 0.15) is 152 Å². The number of β-amino-alcohol motifs (C(OH)–C–C–N with tert-alkyl or cyclic N) is 1. The number of carbonyl (C=O) groups excluding carboxylic acids is 5. The van der Waals surface area contributed by atoms with Crippen molar-refractivity contribution in [1.29, 1.82) is 0 Å². The van der Waals surface area contributed by atoms with E-state index >= 15 is 0 Å². The molecule has 1 aliphatic carbocycles. The first-order chi connectivity index (χ1) is 50.2. The number of aliphatic hydroxyl groups is 1. The van der Waals surface area contributed by atoms with E-state index in [1.54, 1.807) is 29.0 Å². The van der Waals surface area contributed by atoms with E-state index in [4.69, 9.17) is 11.6 Å². The number of hydrogen-bond acceptors (Lipinski definition) is 17. The molecule has 4 aliphatic heterocycles. The van der Waals surface area contributed by atoms with Crippen molar-refractivity contribution in [3.8, 4) is 10.4 Å². The molecular weight excluding hydrogens is 1460 g/mol. The molecule has 1 aromatic heterocycles. The zero-order valence-corrected chi connectivity index (χ0v) is 64.9. The molecule has 570 valence electrons. The smallest absolute Gasteiger partial charge is 0.391 e. The lowest BCUT2D eigenvalue weighted by molar-refractivity contribution is -0.144. The van der Waals surface area contributed by atoms with Gasteiger partial charge >= 0.3 is 5.51 Å². The predicted octanol–water partition coefficient (Wildman–Crippen LogP) is 12.6. The van der Waals surface area contributed by atoms with Gasteiger partial charge in [0.25, 0.3) is 25.8 Å². The maximum absolute atomic E-state index is 14.7. The summed E-state index contributed by atoms with van der Waals surface area (Å²) in [6, 6.07) is 30.0. The summed E-state index contributed by atoms with van der Waals surface area (Å²) in [5.41, 5.74) is 2.38. The van der Waals surface area contributed by atoms with E-state index in [9.17, 15) is 59.1 Å². The minimum atomic E-state index is -6.23. The Labute approximate surface area is 633 Å². The summed E-state index contributed by atoms with van der Waals surface area (Å²) < 4.78 is 101. The van der Waals surface area contributed by atoms with Crippen molar-refractivity contribution in [3.63, 3.8) is 0 Å². The van der Waals surface area contributed by atoms with Crippen molar-refractivity contribution in [2.75, 3.05) is 61.8 Å². The monoisotopic (exact) mass is 1550 g/mol. The Bertz CT molecular complexity index is 4400. The number of aliphatic hydroxyl groups excluding tert-OH is 1. The van der Waals surface area contributed by atoms with Crippen LogP contribution in [0.4, 0.5) is 24.5 Å². The Morgan fingerprint density at radius 3 is 2.20 bits per heavy atom. The third kappa shape index (κ3) is 19.4. The molecule has 2 bridgehead atoms. The molecule has 0 radical (unpaired) electrons. The number of fused-ring (bicyclic) bond motifs is 2. The van der Waals surface area contributed by atoms with Crippen LogP contribution in [0.3, 0.4) is 0 Å². The SMILES string of the molecule is Cc1ncsc1-c1ccc([C@H](C)NC(=O)[C@@H]2C[C@@H](O)CN2C(=O)[C@@H](NC(=O)CCCCCC(=O)N2C3CNC(C3)C2CC[C@H](CSc2ccccc2)Nc2ccc(S(=O)(=O)NC(=O)c3ccc(N4CCN(CC5=C(c6ccc(Cl)cc6)CCC(C)(C)C5)CC4)cc3)cc2S(=O)(=O)C(F)(F)F)C(C)(C)C)cc1. The van der Waals surface area contributed by atoms with Crippen molar-refractivity contribution in [1.82, 2.24) is 40.4 Å². The second-order valence-electron chi connectivity index (χ2n) is 30.5. The van der Waals surface area contributed by atoms with Gasteiger partial charge in [-0.15, -0.1) is 23.1 Å².